The number of hydrogen-bond donors (Lipinski definition) is 1. The molecule has 0 atom stereocenters. The molecule has 2 rings (SSSR count). The van der Waals surface area contributed by atoms with Gasteiger partial charge in [0.15, 0.2) is 5.96 Å². The summed E-state index contributed by atoms with van der Waals surface area (Å²) in [5.74, 6) is 0.975. The van der Waals surface area contributed by atoms with E-state index in [0.29, 0.717) is 12.1 Å². The zero-order valence-corrected chi connectivity index (χ0v) is 12.8. The predicted octanol–water partition coefficient (Wildman–Crippen LogP) is 2.30. The maximum absolute atomic E-state index is 12.2. The molecule has 0 spiro atoms. The summed E-state index contributed by atoms with van der Waals surface area (Å²) in [6.07, 6.45) is 0. The first-order valence-corrected chi connectivity index (χ1v) is 5.69. The number of para-hydroxylation sites is 1. The van der Waals surface area contributed by atoms with E-state index in [1.54, 1.807) is 18.2 Å². The molecule has 0 unspecified atom stereocenters. The summed E-state index contributed by atoms with van der Waals surface area (Å²) < 4.78 is 28.9. The number of rotatable bonds is 4. The van der Waals surface area contributed by atoms with Crippen LogP contribution in [0.25, 0.3) is 0 Å². The van der Waals surface area contributed by atoms with E-state index in [2.05, 4.69) is 15.0 Å². The summed E-state index contributed by atoms with van der Waals surface area (Å²) >= 11 is 0. The molecule has 0 saturated heterocycles. The highest BCUT2D eigenvalue weighted by atomic mass is 127. The van der Waals surface area contributed by atoms with Crippen molar-refractivity contribution in [3.8, 4) is 5.75 Å². The van der Waals surface area contributed by atoms with Crippen LogP contribution in [-0.4, -0.2) is 37.6 Å². The Morgan fingerprint density at radius 1 is 1.42 bits per heavy atom. The van der Waals surface area contributed by atoms with Crippen LogP contribution in [0.4, 0.5) is 8.78 Å². The van der Waals surface area contributed by atoms with Gasteiger partial charge in [0.25, 0.3) is 0 Å². The van der Waals surface area contributed by atoms with Crippen LogP contribution >= 0.6 is 24.0 Å². The highest BCUT2D eigenvalue weighted by Crippen LogP contribution is 2.20. The molecule has 1 aliphatic heterocycles. The minimum Gasteiger partial charge on any atom is -0.434 e. The molecule has 0 aliphatic carbocycles. The van der Waals surface area contributed by atoms with Crippen molar-refractivity contribution in [3.63, 3.8) is 0 Å². The molecule has 1 aliphatic rings. The second-order valence-corrected chi connectivity index (χ2v) is 3.97. The zero-order valence-electron chi connectivity index (χ0n) is 10.5. The van der Waals surface area contributed by atoms with Crippen molar-refractivity contribution in [2.24, 2.45) is 4.99 Å². The Labute approximate surface area is 127 Å². The molecular formula is C12H16F2IN3O. The lowest BCUT2D eigenvalue weighted by Gasteiger charge is -2.16. The van der Waals surface area contributed by atoms with E-state index < -0.39 is 6.61 Å². The van der Waals surface area contributed by atoms with Crippen LogP contribution in [0.3, 0.4) is 0 Å². The maximum Gasteiger partial charge on any atom is 0.387 e. The Morgan fingerprint density at radius 2 is 2.16 bits per heavy atom. The summed E-state index contributed by atoms with van der Waals surface area (Å²) in [5, 5.41) is 3.11. The lowest BCUT2D eigenvalue weighted by atomic mass is 10.2. The zero-order chi connectivity index (χ0) is 13.0. The highest BCUT2D eigenvalue weighted by molar-refractivity contribution is 14.0. The Kier molecular flexibility index (Phi) is 6.26. The van der Waals surface area contributed by atoms with Crippen molar-refractivity contribution in [3.05, 3.63) is 29.8 Å². The normalized spacial score (nSPS) is 14.1. The summed E-state index contributed by atoms with van der Waals surface area (Å²) in [5.41, 5.74) is 0.681. The third-order valence-electron chi connectivity index (χ3n) is 2.68. The molecule has 106 valence electrons. The fraction of sp³-hybridized carbons (Fsp3) is 0.417. The van der Waals surface area contributed by atoms with E-state index in [4.69, 9.17) is 0 Å². The molecule has 7 heteroatoms. The number of likely N-dealkylation sites (N-methyl/N-ethyl adjacent to an activating group) is 1. The molecule has 1 aromatic carbocycles. The number of ether oxygens (including phenoxy) is 1. The average molecular weight is 383 g/mol. The van der Waals surface area contributed by atoms with E-state index in [0.717, 1.165) is 19.0 Å². The molecule has 4 nitrogen and oxygen atoms in total. The molecular weight excluding hydrogens is 367 g/mol. The fourth-order valence-electron chi connectivity index (χ4n) is 1.76. The Morgan fingerprint density at radius 3 is 2.79 bits per heavy atom. The molecule has 0 aromatic heterocycles. The smallest absolute Gasteiger partial charge is 0.387 e. The van der Waals surface area contributed by atoms with Gasteiger partial charge in [0.05, 0.1) is 6.54 Å². The van der Waals surface area contributed by atoms with Crippen LogP contribution in [0.15, 0.2) is 29.3 Å². The van der Waals surface area contributed by atoms with Gasteiger partial charge in [0.2, 0.25) is 0 Å². The number of alkyl halides is 2. The molecule has 19 heavy (non-hydrogen) atoms. The first-order valence-electron chi connectivity index (χ1n) is 5.69. The first-order chi connectivity index (χ1) is 8.66. The number of nitrogens with zero attached hydrogens (tertiary/aromatic N) is 2. The predicted molar refractivity (Wildman–Crippen MR) is 80.3 cm³/mol. The van der Waals surface area contributed by atoms with Gasteiger partial charge in [-0.3, -0.25) is 4.99 Å². The van der Waals surface area contributed by atoms with Gasteiger partial charge in [-0.15, -0.1) is 24.0 Å². The number of aliphatic imine (C=N–C) groups is 1. The summed E-state index contributed by atoms with van der Waals surface area (Å²) in [6, 6.07) is 6.74. The SMILES string of the molecule is CN1CCN=C1NCc1ccccc1OC(F)F.I. The van der Waals surface area contributed by atoms with Crippen LogP contribution < -0.4 is 10.1 Å². The molecule has 1 heterocycles. The van der Waals surface area contributed by atoms with Gasteiger partial charge in [-0.2, -0.15) is 8.78 Å². The van der Waals surface area contributed by atoms with Gasteiger partial charge >= 0.3 is 6.61 Å². The van der Waals surface area contributed by atoms with Crippen LogP contribution in [-0.2, 0) is 6.54 Å². The van der Waals surface area contributed by atoms with Crippen molar-refractivity contribution in [1.29, 1.82) is 0 Å². The minimum absolute atomic E-state index is 0. The number of halogens is 3. The van der Waals surface area contributed by atoms with Crippen molar-refractivity contribution in [2.45, 2.75) is 13.2 Å². The standard InChI is InChI=1S/C12H15F2N3O.HI/c1-17-7-6-15-12(17)16-8-9-4-2-3-5-10(9)18-11(13)14;/h2-5,11H,6-8H2,1H3,(H,15,16);1H. The van der Waals surface area contributed by atoms with Gasteiger partial charge in [-0.25, -0.2) is 0 Å². The second-order valence-electron chi connectivity index (χ2n) is 3.97. The lowest BCUT2D eigenvalue weighted by Crippen LogP contribution is -2.35. The molecule has 0 radical (unpaired) electrons. The van der Waals surface area contributed by atoms with E-state index in [-0.39, 0.29) is 29.7 Å². The molecule has 0 bridgehead atoms. The highest BCUT2D eigenvalue weighted by Gasteiger charge is 2.13. The van der Waals surface area contributed by atoms with E-state index in [1.165, 1.54) is 6.07 Å². The monoisotopic (exact) mass is 383 g/mol. The van der Waals surface area contributed by atoms with Crippen molar-refractivity contribution in [2.75, 3.05) is 20.1 Å². The van der Waals surface area contributed by atoms with Gasteiger partial charge in [-0.05, 0) is 6.07 Å². The van der Waals surface area contributed by atoms with Crippen molar-refractivity contribution < 1.29 is 13.5 Å². The van der Waals surface area contributed by atoms with Crippen LogP contribution in [0.2, 0.25) is 0 Å². The van der Waals surface area contributed by atoms with Gasteiger partial charge < -0.3 is 15.0 Å². The van der Waals surface area contributed by atoms with Crippen LogP contribution in [0.5, 0.6) is 5.75 Å². The number of nitrogens with one attached hydrogen (secondary N) is 1. The second kappa shape index (κ2) is 7.46. The van der Waals surface area contributed by atoms with E-state index in [1.807, 2.05) is 11.9 Å². The molecule has 0 fully saturated rings. The maximum atomic E-state index is 12.2. The topological polar surface area (TPSA) is 36.9 Å². The first kappa shape index (κ1) is 15.9. The van der Waals surface area contributed by atoms with Gasteiger partial charge in [-0.1, -0.05) is 18.2 Å². The third-order valence-corrected chi connectivity index (χ3v) is 2.68. The van der Waals surface area contributed by atoms with E-state index in [9.17, 15) is 8.78 Å². The Balaban J connectivity index is 0.00000180. The quantitative estimate of drug-likeness (QED) is 0.811. The Hall–Kier alpha value is -1.12. The molecule has 1 aromatic rings. The summed E-state index contributed by atoms with van der Waals surface area (Å²) in [7, 11) is 1.93. The minimum atomic E-state index is -2.81. The summed E-state index contributed by atoms with van der Waals surface area (Å²) in [4.78, 5) is 6.25. The van der Waals surface area contributed by atoms with E-state index >= 15 is 0 Å². The molecule has 0 amide bonds. The van der Waals surface area contributed by atoms with Gasteiger partial charge in [0.1, 0.15) is 5.75 Å². The Bertz CT molecular complexity index is 443. The third kappa shape index (κ3) is 4.48. The fourth-order valence-corrected chi connectivity index (χ4v) is 1.76. The van der Waals surface area contributed by atoms with Gasteiger partial charge in [0, 0.05) is 25.7 Å². The summed E-state index contributed by atoms with van der Waals surface area (Å²) in [6.45, 7) is -0.768. The molecule has 0 saturated carbocycles. The van der Waals surface area contributed by atoms with Crippen LogP contribution in [0, 0.1) is 0 Å². The molecule has 1 N–H and O–H groups in total. The van der Waals surface area contributed by atoms with Crippen molar-refractivity contribution >= 4 is 29.9 Å². The average Bonchev–Trinajstić information content (AvgIpc) is 2.73. The number of guanidine groups is 1. The largest absolute Gasteiger partial charge is 0.434 e. The number of benzene rings is 1. The lowest BCUT2D eigenvalue weighted by molar-refractivity contribution is -0.0504. The van der Waals surface area contributed by atoms with Crippen LogP contribution in [0.1, 0.15) is 5.56 Å². The van der Waals surface area contributed by atoms with Crippen molar-refractivity contribution in [1.82, 2.24) is 10.2 Å². The number of hydrogen-bond acceptors (Lipinski definition) is 4.